The minimum absolute atomic E-state index is 0.0518. The molecule has 2 N–H and O–H groups in total. The number of nitrogens with one attached hydrogen (secondary N) is 2. The number of benzene rings is 3. The van der Waals surface area contributed by atoms with Crippen molar-refractivity contribution in [2.45, 2.75) is 44.0 Å². The lowest BCUT2D eigenvalue weighted by atomic mass is 10.0. The predicted molar refractivity (Wildman–Crippen MR) is 130 cm³/mol. The number of para-hydroxylation sites is 1. The minimum Gasteiger partial charge on any atom is -0.324 e. The molecule has 7 heteroatoms. The first-order valence-corrected chi connectivity index (χ1v) is 12.4. The van der Waals surface area contributed by atoms with Crippen LogP contribution in [0.5, 0.6) is 0 Å². The zero-order valence-corrected chi connectivity index (χ0v) is 19.7. The molecule has 0 aromatic heterocycles. The molecule has 0 bridgehead atoms. The average Bonchev–Trinajstić information content (AvgIpc) is 2.79. The molecule has 0 aliphatic rings. The predicted octanol–water partition coefficient (Wildman–Crippen LogP) is 4.99. The normalized spacial score (nSPS) is 12.3. The largest absolute Gasteiger partial charge is 0.324 e. The van der Waals surface area contributed by atoms with Gasteiger partial charge in [0, 0.05) is 10.7 Å². The Morgan fingerprint density at radius 1 is 0.875 bits per heavy atom. The van der Waals surface area contributed by atoms with Gasteiger partial charge in [0.25, 0.3) is 0 Å². The van der Waals surface area contributed by atoms with Gasteiger partial charge in [-0.15, -0.1) is 0 Å². The molecule has 0 radical (unpaired) electrons. The maximum Gasteiger partial charge on any atom is 0.242 e. The zero-order valence-electron chi connectivity index (χ0n) is 18.1. The van der Waals surface area contributed by atoms with Gasteiger partial charge in [0.2, 0.25) is 15.9 Å². The number of carbonyl (C=O) groups is 1. The van der Waals surface area contributed by atoms with Crippen molar-refractivity contribution < 1.29 is 13.2 Å². The summed E-state index contributed by atoms with van der Waals surface area (Å²) in [6.45, 7) is 4.05. The molecule has 3 aromatic rings. The lowest BCUT2D eigenvalue weighted by Gasteiger charge is -2.21. The number of sulfonamides is 1. The Hall–Kier alpha value is -2.67. The van der Waals surface area contributed by atoms with Crippen LogP contribution in [-0.4, -0.2) is 20.4 Å². The smallest absolute Gasteiger partial charge is 0.242 e. The van der Waals surface area contributed by atoms with E-state index in [9.17, 15) is 13.2 Å². The van der Waals surface area contributed by atoms with Crippen LogP contribution < -0.4 is 10.0 Å². The summed E-state index contributed by atoms with van der Waals surface area (Å²) in [6.07, 6.45) is 1.72. The van der Waals surface area contributed by atoms with Crippen LogP contribution in [0.2, 0.25) is 5.02 Å². The van der Waals surface area contributed by atoms with Crippen molar-refractivity contribution in [3.05, 3.63) is 94.5 Å². The Morgan fingerprint density at radius 2 is 1.47 bits per heavy atom. The van der Waals surface area contributed by atoms with Gasteiger partial charge in [0.1, 0.15) is 6.04 Å². The van der Waals surface area contributed by atoms with Crippen molar-refractivity contribution in [2.75, 3.05) is 5.32 Å². The van der Waals surface area contributed by atoms with Gasteiger partial charge < -0.3 is 5.32 Å². The second-order valence-electron chi connectivity index (χ2n) is 7.47. The van der Waals surface area contributed by atoms with Crippen LogP contribution >= 0.6 is 11.6 Å². The Kier molecular flexibility index (Phi) is 8.07. The molecule has 1 atom stereocenters. The summed E-state index contributed by atoms with van der Waals surface area (Å²) in [6, 6.07) is 20.1. The average molecular weight is 471 g/mol. The molecule has 0 saturated heterocycles. The minimum atomic E-state index is -3.93. The number of hydrogen-bond acceptors (Lipinski definition) is 3. The molecule has 0 fully saturated rings. The van der Waals surface area contributed by atoms with E-state index in [-0.39, 0.29) is 11.3 Å². The van der Waals surface area contributed by atoms with Gasteiger partial charge in [0.15, 0.2) is 0 Å². The molecule has 0 saturated carbocycles. The number of halogens is 1. The van der Waals surface area contributed by atoms with Crippen molar-refractivity contribution in [1.29, 1.82) is 0 Å². The molecule has 0 spiro atoms. The second-order valence-corrected chi connectivity index (χ2v) is 9.62. The molecule has 32 heavy (non-hydrogen) atoms. The number of carbonyl (C=O) groups excluding carboxylic acids is 1. The Labute approximate surface area is 194 Å². The van der Waals surface area contributed by atoms with Crippen molar-refractivity contribution in [2.24, 2.45) is 0 Å². The van der Waals surface area contributed by atoms with Crippen molar-refractivity contribution in [1.82, 2.24) is 4.72 Å². The van der Waals surface area contributed by atoms with Gasteiger partial charge in [-0.3, -0.25) is 4.79 Å². The van der Waals surface area contributed by atoms with E-state index in [1.165, 1.54) is 24.3 Å². The van der Waals surface area contributed by atoms with Crippen LogP contribution in [0.4, 0.5) is 5.69 Å². The third kappa shape index (κ3) is 5.97. The van der Waals surface area contributed by atoms with Gasteiger partial charge in [-0.1, -0.05) is 74.0 Å². The van der Waals surface area contributed by atoms with Gasteiger partial charge >= 0.3 is 0 Å². The van der Waals surface area contributed by atoms with Crippen LogP contribution in [0.15, 0.2) is 77.7 Å². The number of rotatable bonds is 9. The molecule has 3 aromatic carbocycles. The van der Waals surface area contributed by atoms with E-state index in [1.54, 1.807) is 0 Å². The Bertz CT molecular complexity index is 1140. The summed E-state index contributed by atoms with van der Waals surface area (Å²) < 4.78 is 28.6. The topological polar surface area (TPSA) is 75.3 Å². The fourth-order valence-electron chi connectivity index (χ4n) is 3.52. The highest BCUT2D eigenvalue weighted by Gasteiger charge is 2.27. The molecule has 168 valence electrons. The van der Waals surface area contributed by atoms with Gasteiger partial charge in [-0.05, 0) is 60.2 Å². The van der Waals surface area contributed by atoms with Crippen molar-refractivity contribution in [3.63, 3.8) is 0 Å². The zero-order chi connectivity index (χ0) is 23.1. The first-order chi connectivity index (χ1) is 15.3. The number of amides is 1. The number of hydrogen-bond donors (Lipinski definition) is 2. The summed E-state index contributed by atoms with van der Waals surface area (Å²) in [7, 11) is -3.93. The molecular weight excluding hydrogens is 444 g/mol. The van der Waals surface area contributed by atoms with Gasteiger partial charge in [-0.25, -0.2) is 8.42 Å². The fourth-order valence-corrected chi connectivity index (χ4v) is 4.84. The quantitative estimate of drug-likeness (QED) is 0.462. The molecule has 3 rings (SSSR count). The fraction of sp³-hybridized carbons (Fsp3) is 0.240. The van der Waals surface area contributed by atoms with Crippen molar-refractivity contribution in [3.8, 4) is 0 Å². The van der Waals surface area contributed by atoms with Crippen LogP contribution in [-0.2, 0) is 34.1 Å². The summed E-state index contributed by atoms with van der Waals surface area (Å²) in [5.74, 6) is -0.401. The number of aryl methyl sites for hydroxylation is 2. The maximum absolute atomic E-state index is 13.4. The van der Waals surface area contributed by atoms with E-state index in [4.69, 9.17) is 11.6 Å². The van der Waals surface area contributed by atoms with Gasteiger partial charge in [0.05, 0.1) is 4.90 Å². The van der Waals surface area contributed by atoms with E-state index < -0.39 is 22.0 Å². The van der Waals surface area contributed by atoms with Crippen LogP contribution in [0.1, 0.15) is 30.5 Å². The molecule has 0 aliphatic carbocycles. The molecule has 0 aliphatic heterocycles. The van der Waals surface area contributed by atoms with Gasteiger partial charge in [-0.2, -0.15) is 4.72 Å². The summed E-state index contributed by atoms with van der Waals surface area (Å²) in [5, 5.41) is 3.43. The maximum atomic E-state index is 13.4. The molecule has 1 unspecified atom stereocenters. The SMILES string of the molecule is CCc1cccc(CC)c1NC(=O)C(Cc1ccccc1)NS(=O)(=O)c1ccc(Cl)cc1. The molecule has 1 amide bonds. The highest BCUT2D eigenvalue weighted by molar-refractivity contribution is 7.89. The molecular formula is C25H27ClN2O3S. The van der Waals surface area contributed by atoms with E-state index in [0.29, 0.717) is 5.02 Å². The summed E-state index contributed by atoms with van der Waals surface area (Å²) in [4.78, 5) is 13.4. The molecule has 5 nitrogen and oxygen atoms in total. The lowest BCUT2D eigenvalue weighted by Crippen LogP contribution is -2.45. The first kappa shape index (κ1) is 24.0. The first-order valence-electron chi connectivity index (χ1n) is 10.6. The third-order valence-corrected chi connectivity index (χ3v) is 7.01. The summed E-state index contributed by atoms with van der Waals surface area (Å²) >= 11 is 5.89. The lowest BCUT2D eigenvalue weighted by molar-refractivity contribution is -0.117. The van der Waals surface area contributed by atoms with Crippen LogP contribution in [0, 0.1) is 0 Å². The molecule has 0 heterocycles. The van der Waals surface area contributed by atoms with E-state index in [0.717, 1.165) is 35.2 Å². The van der Waals surface area contributed by atoms with Crippen LogP contribution in [0.3, 0.4) is 0 Å². The highest BCUT2D eigenvalue weighted by Crippen LogP contribution is 2.23. The van der Waals surface area contributed by atoms with E-state index >= 15 is 0 Å². The summed E-state index contributed by atoms with van der Waals surface area (Å²) in [5.41, 5.74) is 3.63. The second kappa shape index (κ2) is 10.8. The Morgan fingerprint density at radius 3 is 2.03 bits per heavy atom. The van der Waals surface area contributed by atoms with Crippen molar-refractivity contribution >= 4 is 33.2 Å². The third-order valence-electron chi connectivity index (χ3n) is 5.27. The van der Waals surface area contributed by atoms with Crippen LogP contribution in [0.25, 0.3) is 0 Å². The highest BCUT2D eigenvalue weighted by atomic mass is 35.5. The Balaban J connectivity index is 1.92. The standard InChI is InChI=1S/C25H27ClN2O3S/c1-3-19-11-8-12-20(4-2)24(19)27-25(29)23(17-18-9-6-5-7-10-18)28-32(30,31)22-15-13-21(26)14-16-22/h5-16,23,28H,3-4,17H2,1-2H3,(H,27,29). The van der Waals surface area contributed by atoms with E-state index in [1.807, 2.05) is 62.4 Å². The van der Waals surface area contributed by atoms with E-state index in [2.05, 4.69) is 10.0 Å². The monoisotopic (exact) mass is 470 g/mol. The number of anilines is 1.